The molecule has 2 heterocycles. The van der Waals surface area contributed by atoms with Crippen molar-refractivity contribution in [2.45, 2.75) is 13.0 Å². The van der Waals surface area contributed by atoms with Crippen molar-refractivity contribution in [3.63, 3.8) is 0 Å². The van der Waals surface area contributed by atoms with Gasteiger partial charge in [0.15, 0.2) is 0 Å². The van der Waals surface area contributed by atoms with Crippen molar-refractivity contribution in [1.82, 2.24) is 10.3 Å². The molecule has 1 fully saturated rings. The Kier molecular flexibility index (Phi) is 6.48. The molecule has 2 aromatic carbocycles. The highest BCUT2D eigenvalue weighted by molar-refractivity contribution is 6.00. The van der Waals surface area contributed by atoms with Crippen LogP contribution in [0.5, 0.6) is 17.4 Å². The van der Waals surface area contributed by atoms with E-state index < -0.39 is 17.6 Å². The highest BCUT2D eigenvalue weighted by Gasteiger charge is 2.35. The van der Waals surface area contributed by atoms with Crippen LogP contribution in [0.3, 0.4) is 0 Å². The topological polar surface area (TPSA) is 80.8 Å². The van der Waals surface area contributed by atoms with Gasteiger partial charge in [0.25, 0.3) is 0 Å². The van der Waals surface area contributed by atoms with Crippen molar-refractivity contribution < 1.29 is 27.8 Å². The van der Waals surface area contributed by atoms with Gasteiger partial charge in [0.2, 0.25) is 17.7 Å². The quantitative estimate of drug-likeness (QED) is 0.588. The van der Waals surface area contributed by atoms with E-state index in [0.29, 0.717) is 17.4 Å². The first-order valence-electron chi connectivity index (χ1n) is 10.2. The lowest BCUT2D eigenvalue weighted by molar-refractivity contribution is -0.126. The molecule has 33 heavy (non-hydrogen) atoms. The molecule has 1 atom stereocenters. The van der Waals surface area contributed by atoms with Crippen molar-refractivity contribution in [1.29, 1.82) is 0 Å². The average Bonchev–Trinajstić information content (AvgIpc) is 3.19. The molecule has 0 aliphatic carbocycles. The number of nitrogens with one attached hydrogen (secondary N) is 1. The zero-order chi connectivity index (χ0) is 23.4. The van der Waals surface area contributed by atoms with Crippen molar-refractivity contribution in [2.24, 2.45) is 5.92 Å². The maximum atomic E-state index is 13.5. The Morgan fingerprint density at radius 3 is 2.58 bits per heavy atom. The Balaban J connectivity index is 1.32. The van der Waals surface area contributed by atoms with Crippen molar-refractivity contribution >= 4 is 17.5 Å². The van der Waals surface area contributed by atoms with E-state index in [0.717, 1.165) is 23.8 Å². The van der Waals surface area contributed by atoms with Crippen LogP contribution in [0.1, 0.15) is 12.0 Å². The van der Waals surface area contributed by atoms with Crippen LogP contribution in [0.15, 0.2) is 60.8 Å². The van der Waals surface area contributed by atoms with E-state index in [2.05, 4.69) is 10.3 Å². The number of methoxy groups -OCH3 is 1. The summed E-state index contributed by atoms with van der Waals surface area (Å²) in [6.07, 6.45) is 1.55. The average molecular weight is 453 g/mol. The van der Waals surface area contributed by atoms with Crippen molar-refractivity contribution in [2.75, 3.05) is 18.6 Å². The molecule has 0 radical (unpaired) electrons. The maximum Gasteiger partial charge on any atom is 0.227 e. The second-order valence-electron chi connectivity index (χ2n) is 7.54. The minimum absolute atomic E-state index is 0.0322. The molecule has 1 aliphatic rings. The van der Waals surface area contributed by atoms with E-state index in [-0.39, 0.29) is 37.0 Å². The normalized spacial score (nSPS) is 15.4. The first-order chi connectivity index (χ1) is 15.9. The van der Waals surface area contributed by atoms with E-state index in [1.165, 1.54) is 4.90 Å². The maximum absolute atomic E-state index is 13.5. The Labute approximate surface area is 189 Å². The van der Waals surface area contributed by atoms with Gasteiger partial charge in [0, 0.05) is 49.6 Å². The Morgan fingerprint density at radius 2 is 1.88 bits per heavy atom. The van der Waals surface area contributed by atoms with Crippen molar-refractivity contribution in [3.8, 4) is 17.4 Å². The van der Waals surface area contributed by atoms with Gasteiger partial charge in [-0.25, -0.2) is 13.8 Å². The predicted molar refractivity (Wildman–Crippen MR) is 116 cm³/mol. The highest BCUT2D eigenvalue weighted by Crippen LogP contribution is 2.27. The number of hydrogen-bond acceptors (Lipinski definition) is 5. The number of nitrogens with zero attached hydrogens (tertiary/aromatic N) is 2. The molecule has 1 aliphatic heterocycles. The fourth-order valence-electron chi connectivity index (χ4n) is 3.52. The fourth-order valence-corrected chi connectivity index (χ4v) is 3.52. The second kappa shape index (κ2) is 9.64. The molecule has 2 amide bonds. The third-order valence-corrected chi connectivity index (χ3v) is 5.18. The largest absolute Gasteiger partial charge is 0.497 e. The first-order valence-corrected chi connectivity index (χ1v) is 10.2. The highest BCUT2D eigenvalue weighted by atomic mass is 19.1. The number of carbonyl (C=O) groups excluding carboxylic acids is 2. The molecular formula is C24H21F2N3O4. The summed E-state index contributed by atoms with van der Waals surface area (Å²) in [6.45, 7) is 0.268. The summed E-state index contributed by atoms with van der Waals surface area (Å²) in [5, 5.41) is 2.78. The van der Waals surface area contributed by atoms with Crippen LogP contribution >= 0.6 is 0 Å². The molecule has 4 rings (SSSR count). The van der Waals surface area contributed by atoms with E-state index >= 15 is 0 Å². The van der Waals surface area contributed by atoms with Gasteiger partial charge in [-0.05, 0) is 29.8 Å². The second-order valence-corrected chi connectivity index (χ2v) is 7.54. The molecule has 0 spiro atoms. The van der Waals surface area contributed by atoms with Crippen LogP contribution in [0, 0.1) is 17.6 Å². The van der Waals surface area contributed by atoms with Crippen LogP contribution in [0.2, 0.25) is 0 Å². The number of carbonyl (C=O) groups is 2. The number of hydrogen-bond donors (Lipinski definition) is 1. The van der Waals surface area contributed by atoms with E-state index in [1.54, 1.807) is 49.7 Å². The number of ether oxygens (including phenoxy) is 2. The van der Waals surface area contributed by atoms with Gasteiger partial charge < -0.3 is 19.7 Å². The number of halogens is 2. The fraction of sp³-hybridized carbons (Fsp3) is 0.208. The molecule has 1 unspecified atom stereocenters. The number of amides is 2. The van der Waals surface area contributed by atoms with Gasteiger partial charge in [-0.1, -0.05) is 12.1 Å². The van der Waals surface area contributed by atoms with Gasteiger partial charge in [-0.2, -0.15) is 0 Å². The SMILES string of the molecule is COc1cccc(Oc2ccc(CNC(=O)C3CC(=O)N(c4cc(F)cc(F)c4)C3)cn2)c1. The third-order valence-electron chi connectivity index (χ3n) is 5.18. The van der Waals surface area contributed by atoms with Gasteiger partial charge in [0.1, 0.15) is 23.1 Å². The van der Waals surface area contributed by atoms with Crippen molar-refractivity contribution in [3.05, 3.63) is 78.0 Å². The summed E-state index contributed by atoms with van der Waals surface area (Å²) in [4.78, 5) is 30.3. The standard InChI is InChI=1S/C24H21F2N3O4/c1-32-20-3-2-4-21(11-20)33-22-6-5-15(12-27-22)13-28-24(31)16-7-23(30)29(14-16)19-9-17(25)8-18(26)10-19/h2-6,8-12,16H,7,13-14H2,1H3,(H,28,31). The van der Waals surface area contributed by atoms with Crippen LogP contribution in [0.25, 0.3) is 0 Å². The van der Waals surface area contributed by atoms with E-state index in [4.69, 9.17) is 9.47 Å². The molecule has 7 nitrogen and oxygen atoms in total. The molecule has 1 saturated heterocycles. The molecule has 9 heteroatoms. The summed E-state index contributed by atoms with van der Waals surface area (Å²) < 4.78 is 37.8. The van der Waals surface area contributed by atoms with E-state index in [1.807, 2.05) is 0 Å². The number of benzene rings is 2. The Bertz CT molecular complexity index is 1150. The van der Waals surface area contributed by atoms with Crippen LogP contribution in [0.4, 0.5) is 14.5 Å². The lowest BCUT2D eigenvalue weighted by Crippen LogP contribution is -2.32. The Hall–Kier alpha value is -4.01. The van der Waals surface area contributed by atoms with Gasteiger partial charge in [0.05, 0.1) is 13.0 Å². The lowest BCUT2D eigenvalue weighted by atomic mass is 10.1. The number of anilines is 1. The third kappa shape index (κ3) is 5.43. The molecule has 0 bridgehead atoms. The summed E-state index contributed by atoms with van der Waals surface area (Å²) in [6, 6.07) is 13.4. The molecule has 170 valence electrons. The summed E-state index contributed by atoms with van der Waals surface area (Å²) in [7, 11) is 1.57. The molecular weight excluding hydrogens is 432 g/mol. The van der Waals surface area contributed by atoms with Crippen LogP contribution in [-0.4, -0.2) is 30.5 Å². The molecule has 1 aromatic heterocycles. The predicted octanol–water partition coefficient (Wildman–Crippen LogP) is 3.83. The summed E-state index contributed by atoms with van der Waals surface area (Å²) in [5.41, 5.74) is 0.846. The smallest absolute Gasteiger partial charge is 0.227 e. The van der Waals surface area contributed by atoms with Crippen LogP contribution < -0.4 is 19.7 Å². The van der Waals surface area contributed by atoms with Gasteiger partial charge in [-0.15, -0.1) is 0 Å². The number of rotatable bonds is 7. The molecule has 0 saturated carbocycles. The van der Waals surface area contributed by atoms with Crippen LogP contribution in [-0.2, 0) is 16.1 Å². The summed E-state index contributed by atoms with van der Waals surface area (Å²) in [5.74, 6) is -1.23. The lowest BCUT2D eigenvalue weighted by Gasteiger charge is -2.17. The first kappa shape index (κ1) is 22.2. The molecule has 1 N–H and O–H groups in total. The van der Waals surface area contributed by atoms with Gasteiger partial charge >= 0.3 is 0 Å². The summed E-state index contributed by atoms with van der Waals surface area (Å²) >= 11 is 0. The zero-order valence-corrected chi connectivity index (χ0v) is 17.8. The zero-order valence-electron chi connectivity index (χ0n) is 17.8. The minimum Gasteiger partial charge on any atom is -0.497 e. The number of aromatic nitrogens is 1. The van der Waals surface area contributed by atoms with Gasteiger partial charge in [-0.3, -0.25) is 9.59 Å². The van der Waals surface area contributed by atoms with E-state index in [9.17, 15) is 18.4 Å². The number of pyridine rings is 1. The Morgan fingerprint density at radius 1 is 1.12 bits per heavy atom. The monoisotopic (exact) mass is 453 g/mol. The molecule has 3 aromatic rings. The minimum atomic E-state index is -0.781.